The number of nitrogens with zero attached hydrogens (tertiary/aromatic N) is 3. The van der Waals surface area contributed by atoms with Crippen LogP contribution in [0.4, 0.5) is 5.69 Å². The fourth-order valence-corrected chi connectivity index (χ4v) is 5.04. The monoisotopic (exact) mass is 452 g/mol. The van der Waals surface area contributed by atoms with Crippen LogP contribution < -0.4 is 10.1 Å². The number of ether oxygens (including phenoxy) is 1. The highest BCUT2D eigenvalue weighted by Gasteiger charge is 2.25. The van der Waals surface area contributed by atoms with Crippen LogP contribution in [0, 0.1) is 0 Å². The maximum absolute atomic E-state index is 12.8. The summed E-state index contributed by atoms with van der Waals surface area (Å²) in [6.07, 6.45) is 7.56. The summed E-state index contributed by atoms with van der Waals surface area (Å²) < 4.78 is 32.7. The molecule has 0 bridgehead atoms. The number of carbonyl (C=O) groups is 1. The Balaban J connectivity index is 1.37. The van der Waals surface area contributed by atoms with Gasteiger partial charge < -0.3 is 10.1 Å². The summed E-state index contributed by atoms with van der Waals surface area (Å²) in [4.78, 5) is 20.7. The van der Waals surface area contributed by atoms with Crippen molar-refractivity contribution >= 4 is 21.6 Å². The van der Waals surface area contributed by atoms with Gasteiger partial charge in [-0.15, -0.1) is 0 Å². The van der Waals surface area contributed by atoms with E-state index in [2.05, 4.69) is 15.3 Å². The van der Waals surface area contributed by atoms with E-state index in [0.717, 1.165) is 24.8 Å². The Hall–Kier alpha value is -3.30. The summed E-state index contributed by atoms with van der Waals surface area (Å²) in [5.74, 6) is 0.666. The van der Waals surface area contributed by atoms with Gasteiger partial charge in [-0.3, -0.25) is 9.78 Å². The summed E-state index contributed by atoms with van der Waals surface area (Å²) >= 11 is 0. The van der Waals surface area contributed by atoms with Crippen molar-refractivity contribution in [2.75, 3.05) is 18.4 Å². The van der Waals surface area contributed by atoms with Gasteiger partial charge in [0.05, 0.1) is 17.5 Å². The van der Waals surface area contributed by atoms with Gasteiger partial charge in [-0.1, -0.05) is 24.6 Å². The molecule has 8 nitrogen and oxygen atoms in total. The molecule has 0 spiro atoms. The smallest absolute Gasteiger partial charge is 0.243 e. The molecule has 2 aromatic carbocycles. The largest absolute Gasteiger partial charge is 0.437 e. The van der Waals surface area contributed by atoms with Crippen molar-refractivity contribution in [3.8, 4) is 11.6 Å². The van der Waals surface area contributed by atoms with E-state index < -0.39 is 10.0 Å². The molecule has 0 atom stereocenters. The molecule has 1 N–H and O–H groups in total. The number of nitrogens with one attached hydrogen (secondary N) is 1. The number of amides is 1. The van der Waals surface area contributed by atoms with Crippen molar-refractivity contribution in [2.24, 2.45) is 0 Å². The van der Waals surface area contributed by atoms with Gasteiger partial charge in [-0.2, -0.15) is 4.31 Å². The number of benzene rings is 2. The lowest BCUT2D eigenvalue weighted by Gasteiger charge is -2.25. The Morgan fingerprint density at radius 2 is 1.81 bits per heavy atom. The Kier molecular flexibility index (Phi) is 6.77. The van der Waals surface area contributed by atoms with Gasteiger partial charge in [-0.05, 0) is 42.7 Å². The second-order valence-electron chi connectivity index (χ2n) is 7.51. The first-order valence-corrected chi connectivity index (χ1v) is 11.9. The van der Waals surface area contributed by atoms with Gasteiger partial charge in [0, 0.05) is 37.2 Å². The van der Waals surface area contributed by atoms with Crippen LogP contribution in [0.2, 0.25) is 0 Å². The van der Waals surface area contributed by atoms with E-state index >= 15 is 0 Å². The van der Waals surface area contributed by atoms with Gasteiger partial charge in [0.15, 0.2) is 0 Å². The molecule has 1 aliphatic heterocycles. The zero-order valence-electron chi connectivity index (χ0n) is 17.5. The second kappa shape index (κ2) is 9.88. The van der Waals surface area contributed by atoms with Crippen LogP contribution in [0.15, 0.2) is 72.0 Å². The van der Waals surface area contributed by atoms with Crippen molar-refractivity contribution in [2.45, 2.75) is 30.6 Å². The molecule has 0 saturated carbocycles. The Morgan fingerprint density at radius 3 is 2.53 bits per heavy atom. The van der Waals surface area contributed by atoms with Crippen LogP contribution in [0.3, 0.4) is 0 Å². The van der Waals surface area contributed by atoms with Crippen molar-refractivity contribution in [1.29, 1.82) is 0 Å². The van der Waals surface area contributed by atoms with Crippen molar-refractivity contribution in [1.82, 2.24) is 14.3 Å². The first kappa shape index (κ1) is 21.9. The van der Waals surface area contributed by atoms with E-state index in [1.54, 1.807) is 54.7 Å². The molecular weight excluding hydrogens is 428 g/mol. The average molecular weight is 453 g/mol. The zero-order valence-corrected chi connectivity index (χ0v) is 18.3. The van der Waals surface area contributed by atoms with Crippen molar-refractivity contribution in [3.63, 3.8) is 0 Å². The molecule has 0 radical (unpaired) electrons. The van der Waals surface area contributed by atoms with E-state index in [4.69, 9.17) is 4.74 Å². The number of hydrogen-bond donors (Lipinski definition) is 1. The van der Waals surface area contributed by atoms with Gasteiger partial charge in [0.1, 0.15) is 5.75 Å². The van der Waals surface area contributed by atoms with E-state index in [0.29, 0.717) is 30.4 Å². The van der Waals surface area contributed by atoms with Crippen LogP contribution in [0.25, 0.3) is 0 Å². The highest BCUT2D eigenvalue weighted by molar-refractivity contribution is 7.89. The van der Waals surface area contributed by atoms with Crippen LogP contribution >= 0.6 is 0 Å². The standard InChI is InChI=1S/C23H24N4O4S/c28-22(26-19-5-4-6-20(16-19)31-23-17-24-11-12-25-23)15-18-7-9-21(10-8-18)32(29,30)27-13-2-1-3-14-27/h4-12,16-17H,1-3,13-15H2,(H,26,28). The minimum atomic E-state index is -3.48. The van der Waals surface area contributed by atoms with Gasteiger partial charge in [0.25, 0.3) is 0 Å². The molecule has 9 heteroatoms. The SMILES string of the molecule is O=C(Cc1ccc(S(=O)(=O)N2CCCCC2)cc1)Nc1cccc(Oc2cnccn2)c1. The molecule has 0 aliphatic carbocycles. The molecular formula is C23H24N4O4S. The van der Waals surface area contributed by atoms with E-state index in [1.165, 1.54) is 16.7 Å². The van der Waals surface area contributed by atoms with Crippen LogP contribution in [0.1, 0.15) is 24.8 Å². The first-order valence-electron chi connectivity index (χ1n) is 10.4. The molecule has 166 valence electrons. The number of rotatable bonds is 7. The first-order chi connectivity index (χ1) is 15.5. The topological polar surface area (TPSA) is 101 Å². The predicted octanol–water partition coefficient (Wildman–Crippen LogP) is 3.62. The summed E-state index contributed by atoms with van der Waals surface area (Å²) in [7, 11) is -3.48. The summed E-state index contributed by atoms with van der Waals surface area (Å²) in [5.41, 5.74) is 1.31. The molecule has 1 aromatic heterocycles. The average Bonchev–Trinajstić information content (AvgIpc) is 2.81. The quantitative estimate of drug-likeness (QED) is 0.587. The number of aromatic nitrogens is 2. The summed E-state index contributed by atoms with van der Waals surface area (Å²) in [5, 5.41) is 2.83. The van der Waals surface area contributed by atoms with Gasteiger partial charge >= 0.3 is 0 Å². The third kappa shape index (κ3) is 5.49. The van der Waals surface area contributed by atoms with Crippen molar-refractivity contribution in [3.05, 3.63) is 72.7 Å². The van der Waals surface area contributed by atoms with Crippen LogP contribution in [-0.2, 0) is 21.2 Å². The minimum absolute atomic E-state index is 0.124. The molecule has 3 aromatic rings. The van der Waals surface area contributed by atoms with Gasteiger partial charge in [-0.25, -0.2) is 13.4 Å². The molecule has 1 aliphatic rings. The highest BCUT2D eigenvalue weighted by Crippen LogP contribution is 2.23. The Bertz CT molecular complexity index is 1160. The lowest BCUT2D eigenvalue weighted by Crippen LogP contribution is -2.35. The number of hydrogen-bond acceptors (Lipinski definition) is 6. The number of sulfonamides is 1. The van der Waals surface area contributed by atoms with Gasteiger partial charge in [0.2, 0.25) is 21.8 Å². The fraction of sp³-hybridized carbons (Fsp3) is 0.261. The van der Waals surface area contributed by atoms with Crippen LogP contribution in [-0.4, -0.2) is 41.7 Å². The lowest BCUT2D eigenvalue weighted by molar-refractivity contribution is -0.115. The molecule has 1 saturated heterocycles. The highest BCUT2D eigenvalue weighted by atomic mass is 32.2. The fourth-order valence-electron chi connectivity index (χ4n) is 3.52. The molecule has 1 fully saturated rings. The molecule has 4 rings (SSSR count). The number of carbonyl (C=O) groups excluding carboxylic acids is 1. The van der Waals surface area contributed by atoms with E-state index in [9.17, 15) is 13.2 Å². The van der Waals surface area contributed by atoms with E-state index in [1.807, 2.05) is 0 Å². The maximum Gasteiger partial charge on any atom is 0.243 e. The summed E-state index contributed by atoms with van der Waals surface area (Å²) in [6.45, 7) is 1.12. The molecule has 32 heavy (non-hydrogen) atoms. The van der Waals surface area contributed by atoms with E-state index in [-0.39, 0.29) is 17.2 Å². The summed E-state index contributed by atoms with van der Waals surface area (Å²) in [6, 6.07) is 13.5. The zero-order chi connectivity index (χ0) is 22.4. The number of anilines is 1. The molecule has 2 heterocycles. The normalized spacial score (nSPS) is 14.6. The third-order valence-electron chi connectivity index (χ3n) is 5.12. The number of piperidine rings is 1. The molecule has 1 amide bonds. The predicted molar refractivity (Wildman–Crippen MR) is 120 cm³/mol. The minimum Gasteiger partial charge on any atom is -0.437 e. The molecule has 0 unspecified atom stereocenters. The third-order valence-corrected chi connectivity index (χ3v) is 7.03. The Morgan fingerprint density at radius 1 is 1.03 bits per heavy atom. The van der Waals surface area contributed by atoms with Crippen molar-refractivity contribution < 1.29 is 17.9 Å². The Labute approximate surface area is 187 Å². The second-order valence-corrected chi connectivity index (χ2v) is 9.45. The van der Waals surface area contributed by atoms with Crippen LogP contribution in [0.5, 0.6) is 11.6 Å². The lowest BCUT2D eigenvalue weighted by atomic mass is 10.1. The maximum atomic E-state index is 12.8.